The summed E-state index contributed by atoms with van der Waals surface area (Å²) in [5, 5.41) is 10.0. The van der Waals surface area contributed by atoms with Crippen LogP contribution in [-0.4, -0.2) is 20.7 Å². The number of para-hydroxylation sites is 2. The van der Waals surface area contributed by atoms with E-state index in [1.165, 1.54) is 16.7 Å². The molecule has 0 aliphatic carbocycles. The van der Waals surface area contributed by atoms with E-state index < -0.39 is 11.7 Å². The van der Waals surface area contributed by atoms with Crippen molar-refractivity contribution in [2.75, 3.05) is 5.32 Å². The third kappa shape index (κ3) is 3.61. The third-order valence-corrected chi connectivity index (χ3v) is 3.86. The molecule has 2 aromatic carbocycles. The molecule has 8 nitrogen and oxygen atoms in total. The van der Waals surface area contributed by atoms with Gasteiger partial charge in [-0.2, -0.15) is 0 Å². The number of oxazole rings is 1. The molecule has 0 aliphatic heterocycles. The highest BCUT2D eigenvalue weighted by Crippen LogP contribution is 2.14. The number of rotatable bonds is 5. The Labute approximate surface area is 151 Å². The van der Waals surface area contributed by atoms with Crippen LogP contribution >= 0.6 is 0 Å². The predicted octanol–water partition coefficient (Wildman–Crippen LogP) is 2.35. The zero-order valence-electron chi connectivity index (χ0n) is 13.9. The highest BCUT2D eigenvalue weighted by Gasteiger charge is 2.15. The van der Waals surface area contributed by atoms with Crippen LogP contribution in [0.1, 0.15) is 11.5 Å². The van der Waals surface area contributed by atoms with Gasteiger partial charge in [-0.15, -0.1) is 5.10 Å². The summed E-state index contributed by atoms with van der Waals surface area (Å²) in [5.74, 6) is -1.21. The van der Waals surface area contributed by atoms with Gasteiger partial charge in [-0.1, -0.05) is 29.4 Å². The summed E-state index contributed by atoms with van der Waals surface area (Å²) < 4.78 is 24.6. The molecule has 0 atom stereocenters. The normalized spacial score (nSPS) is 11.0. The fraction of sp³-hybridized carbons (Fsp3) is 0.111. The van der Waals surface area contributed by atoms with Crippen molar-refractivity contribution in [3.63, 3.8) is 0 Å². The Morgan fingerprint density at radius 2 is 1.85 bits per heavy atom. The van der Waals surface area contributed by atoms with Crippen molar-refractivity contribution in [3.8, 4) is 0 Å². The minimum absolute atomic E-state index is 0.0852. The molecule has 1 amide bonds. The summed E-state index contributed by atoms with van der Waals surface area (Å²) in [6, 6.07) is 12.6. The van der Waals surface area contributed by atoms with E-state index in [1.54, 1.807) is 36.4 Å². The van der Waals surface area contributed by atoms with Gasteiger partial charge < -0.3 is 8.83 Å². The number of aromatic nitrogens is 3. The molecule has 1 N–H and O–H groups in total. The highest BCUT2D eigenvalue weighted by molar-refractivity contribution is 5.89. The quantitative estimate of drug-likeness (QED) is 0.580. The molecule has 0 unspecified atom stereocenters. The molecule has 0 aliphatic rings. The van der Waals surface area contributed by atoms with Crippen LogP contribution in [-0.2, 0) is 17.8 Å². The fourth-order valence-electron chi connectivity index (χ4n) is 2.62. The number of carbonyl (C=O) groups is 1. The average molecular weight is 368 g/mol. The lowest BCUT2D eigenvalue weighted by molar-refractivity contribution is -0.116. The topological polar surface area (TPSA) is 103 Å². The van der Waals surface area contributed by atoms with Crippen molar-refractivity contribution in [1.29, 1.82) is 0 Å². The minimum Gasteiger partial charge on any atom is -0.408 e. The predicted molar refractivity (Wildman–Crippen MR) is 92.6 cm³/mol. The van der Waals surface area contributed by atoms with Gasteiger partial charge in [0.05, 0.1) is 11.9 Å². The van der Waals surface area contributed by atoms with Crippen LogP contribution in [0.5, 0.6) is 0 Å². The number of carbonyl (C=O) groups excluding carboxylic acids is 1. The molecule has 9 heteroatoms. The van der Waals surface area contributed by atoms with Gasteiger partial charge in [-0.25, -0.2) is 9.18 Å². The van der Waals surface area contributed by atoms with E-state index in [9.17, 15) is 14.0 Å². The first-order valence-electron chi connectivity index (χ1n) is 8.03. The molecule has 0 saturated heterocycles. The van der Waals surface area contributed by atoms with E-state index in [2.05, 4.69) is 15.5 Å². The number of hydrogen-bond acceptors (Lipinski definition) is 6. The summed E-state index contributed by atoms with van der Waals surface area (Å²) >= 11 is 0. The minimum atomic E-state index is -0.631. The van der Waals surface area contributed by atoms with E-state index in [-0.39, 0.29) is 24.3 Å². The maximum atomic E-state index is 12.9. The molecule has 0 bridgehead atoms. The van der Waals surface area contributed by atoms with Gasteiger partial charge in [0.15, 0.2) is 5.58 Å². The van der Waals surface area contributed by atoms with Crippen LogP contribution in [0.25, 0.3) is 11.1 Å². The number of nitrogens with zero attached hydrogens (tertiary/aromatic N) is 3. The molecule has 2 aromatic heterocycles. The largest absolute Gasteiger partial charge is 0.420 e. The van der Waals surface area contributed by atoms with Gasteiger partial charge in [0.2, 0.25) is 11.8 Å². The standard InChI is InChI=1S/C18H13FN4O4/c19-12-7-5-11(6-8-12)9-16-21-22-17(27-16)20-15(24)10-23-13-3-1-2-4-14(13)26-18(23)25/h1-8H,9-10H2,(H,20,22,24). The molecule has 4 aromatic rings. The van der Waals surface area contributed by atoms with Crippen LogP contribution < -0.4 is 11.1 Å². The van der Waals surface area contributed by atoms with Crippen molar-refractivity contribution < 1.29 is 18.0 Å². The molecule has 0 radical (unpaired) electrons. The van der Waals surface area contributed by atoms with Gasteiger partial charge in [0.1, 0.15) is 12.4 Å². The number of benzene rings is 2. The molecule has 136 valence electrons. The van der Waals surface area contributed by atoms with Gasteiger partial charge in [-0.3, -0.25) is 14.7 Å². The average Bonchev–Trinajstić information content (AvgIpc) is 3.21. The van der Waals surface area contributed by atoms with Gasteiger partial charge in [0.25, 0.3) is 0 Å². The van der Waals surface area contributed by atoms with Crippen LogP contribution in [0.2, 0.25) is 0 Å². The summed E-state index contributed by atoms with van der Waals surface area (Å²) in [6.07, 6.45) is 0.301. The third-order valence-electron chi connectivity index (χ3n) is 3.86. The van der Waals surface area contributed by atoms with Gasteiger partial charge in [0, 0.05) is 0 Å². The molecule has 0 spiro atoms. The molecule has 4 rings (SSSR count). The Morgan fingerprint density at radius 1 is 1.07 bits per heavy atom. The molecule has 0 saturated carbocycles. The zero-order chi connectivity index (χ0) is 18.8. The first-order chi connectivity index (χ1) is 13.1. The number of anilines is 1. The second-order valence-corrected chi connectivity index (χ2v) is 5.77. The first kappa shape index (κ1) is 16.7. The Balaban J connectivity index is 1.44. The lowest BCUT2D eigenvalue weighted by Crippen LogP contribution is -2.24. The monoisotopic (exact) mass is 368 g/mol. The Kier molecular flexibility index (Phi) is 4.25. The summed E-state index contributed by atoms with van der Waals surface area (Å²) in [4.78, 5) is 24.1. The second kappa shape index (κ2) is 6.87. The van der Waals surface area contributed by atoms with Crippen molar-refractivity contribution in [1.82, 2.24) is 14.8 Å². The van der Waals surface area contributed by atoms with Crippen molar-refractivity contribution in [2.24, 2.45) is 0 Å². The lowest BCUT2D eigenvalue weighted by atomic mass is 10.1. The Bertz CT molecular complexity index is 1160. The van der Waals surface area contributed by atoms with Crippen LogP contribution in [0.3, 0.4) is 0 Å². The molecule has 2 heterocycles. The number of fused-ring (bicyclic) bond motifs is 1. The van der Waals surface area contributed by atoms with Gasteiger partial charge in [-0.05, 0) is 29.8 Å². The zero-order valence-corrected chi connectivity index (χ0v) is 13.9. The smallest absolute Gasteiger partial charge is 0.408 e. The summed E-state index contributed by atoms with van der Waals surface area (Å²) in [5.41, 5.74) is 1.70. The first-order valence-corrected chi connectivity index (χ1v) is 8.03. The van der Waals surface area contributed by atoms with Crippen LogP contribution in [0.4, 0.5) is 10.4 Å². The maximum absolute atomic E-state index is 12.9. The maximum Gasteiger partial charge on any atom is 0.420 e. The number of hydrogen-bond donors (Lipinski definition) is 1. The van der Waals surface area contributed by atoms with E-state index in [4.69, 9.17) is 8.83 Å². The van der Waals surface area contributed by atoms with Crippen molar-refractivity contribution >= 4 is 23.0 Å². The Morgan fingerprint density at radius 3 is 2.67 bits per heavy atom. The molecular weight excluding hydrogens is 355 g/mol. The molecular formula is C18H13FN4O4. The van der Waals surface area contributed by atoms with E-state index >= 15 is 0 Å². The van der Waals surface area contributed by atoms with E-state index in [0.717, 1.165) is 5.56 Å². The van der Waals surface area contributed by atoms with Crippen LogP contribution in [0.15, 0.2) is 62.2 Å². The van der Waals surface area contributed by atoms with E-state index in [0.29, 0.717) is 17.5 Å². The molecule has 0 fully saturated rings. The number of halogens is 1. The van der Waals surface area contributed by atoms with Crippen LogP contribution in [0, 0.1) is 5.82 Å². The summed E-state index contributed by atoms with van der Waals surface area (Å²) in [6.45, 7) is -0.258. The number of nitrogens with one attached hydrogen (secondary N) is 1. The van der Waals surface area contributed by atoms with Gasteiger partial charge >= 0.3 is 11.8 Å². The highest BCUT2D eigenvalue weighted by atomic mass is 19.1. The molecule has 27 heavy (non-hydrogen) atoms. The second-order valence-electron chi connectivity index (χ2n) is 5.77. The number of amides is 1. The lowest BCUT2D eigenvalue weighted by Gasteiger charge is -2.01. The van der Waals surface area contributed by atoms with Crippen molar-refractivity contribution in [3.05, 3.63) is 76.4 Å². The van der Waals surface area contributed by atoms with Crippen molar-refractivity contribution in [2.45, 2.75) is 13.0 Å². The van der Waals surface area contributed by atoms with E-state index in [1.807, 2.05) is 0 Å². The summed E-state index contributed by atoms with van der Waals surface area (Å²) in [7, 11) is 0. The fourth-order valence-corrected chi connectivity index (χ4v) is 2.62. The Hall–Kier alpha value is -3.75. The SMILES string of the molecule is O=C(Cn1c(=O)oc2ccccc21)Nc1nnc(Cc2ccc(F)cc2)o1.